The number of rotatable bonds is 6. The molecule has 112 valence electrons. The lowest BCUT2D eigenvalue weighted by Gasteiger charge is -2.32. The van der Waals surface area contributed by atoms with Gasteiger partial charge in [-0.1, -0.05) is 13.8 Å². The molecule has 1 unspecified atom stereocenters. The summed E-state index contributed by atoms with van der Waals surface area (Å²) < 4.78 is 0. The number of carbonyl (C=O) groups is 1. The lowest BCUT2D eigenvalue weighted by molar-refractivity contribution is -0.134. The van der Waals surface area contributed by atoms with E-state index in [1.54, 1.807) is 0 Å². The number of hydrogen-bond donors (Lipinski definition) is 1. The highest BCUT2D eigenvalue weighted by atomic mass is 16.2. The SMILES string of the molecule is CC(NCC(C)(C)CN(C)C)C(=O)N1CCCCC1. The minimum atomic E-state index is -0.0699. The predicted molar refractivity (Wildman–Crippen MR) is 80.2 cm³/mol. The van der Waals surface area contributed by atoms with Gasteiger partial charge in [-0.2, -0.15) is 0 Å². The van der Waals surface area contributed by atoms with Gasteiger partial charge in [-0.3, -0.25) is 4.79 Å². The maximum absolute atomic E-state index is 12.3. The molecule has 0 saturated carbocycles. The van der Waals surface area contributed by atoms with Gasteiger partial charge in [0.2, 0.25) is 5.91 Å². The van der Waals surface area contributed by atoms with Crippen molar-refractivity contribution in [3.63, 3.8) is 0 Å². The van der Waals surface area contributed by atoms with Crippen LogP contribution < -0.4 is 5.32 Å². The standard InChI is InChI=1S/C15H31N3O/c1-13(14(19)18-9-7-6-8-10-18)16-11-15(2,3)12-17(4)5/h13,16H,6-12H2,1-5H3. The zero-order chi connectivity index (χ0) is 14.5. The van der Waals surface area contributed by atoms with E-state index < -0.39 is 0 Å². The maximum atomic E-state index is 12.3. The highest BCUT2D eigenvalue weighted by molar-refractivity contribution is 5.81. The van der Waals surface area contributed by atoms with Gasteiger partial charge in [-0.05, 0) is 45.7 Å². The number of carbonyl (C=O) groups excluding carboxylic acids is 1. The van der Waals surface area contributed by atoms with E-state index in [9.17, 15) is 4.79 Å². The summed E-state index contributed by atoms with van der Waals surface area (Å²) in [4.78, 5) is 16.5. The van der Waals surface area contributed by atoms with Crippen molar-refractivity contribution in [2.75, 3.05) is 40.3 Å². The first-order valence-corrected chi connectivity index (χ1v) is 7.49. The van der Waals surface area contributed by atoms with Crippen LogP contribution in [0.25, 0.3) is 0 Å². The van der Waals surface area contributed by atoms with Gasteiger partial charge < -0.3 is 15.1 Å². The van der Waals surface area contributed by atoms with Crippen LogP contribution in [0.2, 0.25) is 0 Å². The average molecular weight is 269 g/mol. The molecular formula is C15H31N3O. The Labute approximate surface area is 118 Å². The van der Waals surface area contributed by atoms with Gasteiger partial charge in [0.15, 0.2) is 0 Å². The molecule has 0 bridgehead atoms. The normalized spacial score (nSPS) is 18.7. The summed E-state index contributed by atoms with van der Waals surface area (Å²) in [6.45, 7) is 10.2. The molecule has 1 aliphatic heterocycles. The fraction of sp³-hybridized carbons (Fsp3) is 0.933. The van der Waals surface area contributed by atoms with Crippen LogP contribution in [-0.4, -0.2) is 62.0 Å². The number of hydrogen-bond acceptors (Lipinski definition) is 3. The summed E-state index contributed by atoms with van der Waals surface area (Å²) in [5.41, 5.74) is 0.180. The van der Waals surface area contributed by atoms with Crippen LogP contribution in [0, 0.1) is 5.41 Å². The lowest BCUT2D eigenvalue weighted by Crippen LogP contribution is -2.49. The van der Waals surface area contributed by atoms with Crippen molar-refractivity contribution in [1.82, 2.24) is 15.1 Å². The van der Waals surface area contributed by atoms with E-state index in [2.05, 4.69) is 38.2 Å². The van der Waals surface area contributed by atoms with Gasteiger partial charge in [0.05, 0.1) is 6.04 Å². The van der Waals surface area contributed by atoms with Crippen molar-refractivity contribution in [2.24, 2.45) is 5.41 Å². The number of nitrogens with zero attached hydrogens (tertiary/aromatic N) is 2. The Morgan fingerprint density at radius 2 is 1.84 bits per heavy atom. The number of nitrogens with one attached hydrogen (secondary N) is 1. The Hall–Kier alpha value is -0.610. The molecular weight excluding hydrogens is 238 g/mol. The second-order valence-electron chi connectivity index (χ2n) is 6.89. The quantitative estimate of drug-likeness (QED) is 0.795. The average Bonchev–Trinajstić information content (AvgIpc) is 2.34. The van der Waals surface area contributed by atoms with Crippen molar-refractivity contribution in [3.8, 4) is 0 Å². The Kier molecular flexibility index (Phi) is 6.27. The third-order valence-electron chi connectivity index (χ3n) is 3.67. The zero-order valence-corrected chi connectivity index (χ0v) is 13.3. The van der Waals surface area contributed by atoms with Crippen molar-refractivity contribution in [2.45, 2.75) is 46.1 Å². The first kappa shape index (κ1) is 16.4. The molecule has 1 fully saturated rings. The molecule has 1 amide bonds. The van der Waals surface area contributed by atoms with Crippen LogP contribution >= 0.6 is 0 Å². The molecule has 4 nitrogen and oxygen atoms in total. The van der Waals surface area contributed by atoms with Crippen LogP contribution in [0.5, 0.6) is 0 Å². The van der Waals surface area contributed by atoms with Gasteiger partial charge in [-0.15, -0.1) is 0 Å². The molecule has 1 heterocycles. The number of likely N-dealkylation sites (tertiary alicyclic amines) is 1. The largest absolute Gasteiger partial charge is 0.341 e. The van der Waals surface area contributed by atoms with E-state index in [0.717, 1.165) is 39.0 Å². The minimum Gasteiger partial charge on any atom is -0.341 e. The molecule has 1 rings (SSSR count). The van der Waals surface area contributed by atoms with Gasteiger partial charge in [-0.25, -0.2) is 0 Å². The summed E-state index contributed by atoms with van der Waals surface area (Å²) in [5, 5.41) is 3.41. The zero-order valence-electron chi connectivity index (χ0n) is 13.3. The lowest BCUT2D eigenvalue weighted by atomic mass is 9.92. The monoisotopic (exact) mass is 269 g/mol. The second kappa shape index (κ2) is 7.25. The van der Waals surface area contributed by atoms with Crippen molar-refractivity contribution < 1.29 is 4.79 Å². The first-order valence-electron chi connectivity index (χ1n) is 7.49. The second-order valence-corrected chi connectivity index (χ2v) is 6.89. The Morgan fingerprint density at radius 3 is 2.37 bits per heavy atom. The Bertz CT molecular complexity index is 283. The van der Waals surface area contributed by atoms with Gasteiger partial charge in [0.1, 0.15) is 0 Å². The van der Waals surface area contributed by atoms with Crippen LogP contribution in [0.15, 0.2) is 0 Å². The van der Waals surface area contributed by atoms with Gasteiger partial charge in [0.25, 0.3) is 0 Å². The van der Waals surface area contributed by atoms with E-state index in [4.69, 9.17) is 0 Å². The van der Waals surface area contributed by atoms with E-state index >= 15 is 0 Å². The first-order chi connectivity index (χ1) is 8.82. The van der Waals surface area contributed by atoms with Crippen LogP contribution in [0.1, 0.15) is 40.0 Å². The molecule has 0 radical (unpaired) electrons. The summed E-state index contributed by atoms with van der Waals surface area (Å²) in [6, 6.07) is -0.0699. The summed E-state index contributed by atoms with van der Waals surface area (Å²) >= 11 is 0. The molecule has 1 N–H and O–H groups in total. The summed E-state index contributed by atoms with van der Waals surface area (Å²) in [7, 11) is 4.17. The van der Waals surface area contributed by atoms with Crippen LogP contribution in [0.4, 0.5) is 0 Å². The summed E-state index contributed by atoms with van der Waals surface area (Å²) in [6.07, 6.45) is 3.58. The molecule has 0 aliphatic carbocycles. The van der Waals surface area contributed by atoms with Gasteiger partial charge >= 0.3 is 0 Å². The smallest absolute Gasteiger partial charge is 0.239 e. The number of amides is 1. The predicted octanol–water partition coefficient (Wildman–Crippen LogP) is 1.56. The molecule has 1 aliphatic rings. The van der Waals surface area contributed by atoms with E-state index in [0.29, 0.717) is 0 Å². The molecule has 4 heteroatoms. The molecule has 1 saturated heterocycles. The fourth-order valence-electron chi connectivity index (χ4n) is 2.82. The van der Waals surface area contributed by atoms with E-state index in [1.165, 1.54) is 6.42 Å². The Balaban J connectivity index is 2.37. The molecule has 0 spiro atoms. The minimum absolute atomic E-state index is 0.0699. The third-order valence-corrected chi connectivity index (χ3v) is 3.67. The Morgan fingerprint density at radius 1 is 1.26 bits per heavy atom. The maximum Gasteiger partial charge on any atom is 0.239 e. The topological polar surface area (TPSA) is 35.6 Å². The highest BCUT2D eigenvalue weighted by Gasteiger charge is 2.25. The van der Waals surface area contributed by atoms with Crippen LogP contribution in [-0.2, 0) is 4.79 Å². The molecule has 0 aromatic rings. The molecule has 0 aromatic carbocycles. The van der Waals surface area contributed by atoms with Crippen LogP contribution in [0.3, 0.4) is 0 Å². The molecule has 19 heavy (non-hydrogen) atoms. The van der Waals surface area contributed by atoms with E-state index in [-0.39, 0.29) is 17.4 Å². The summed E-state index contributed by atoms with van der Waals surface area (Å²) in [5.74, 6) is 0.264. The van der Waals surface area contributed by atoms with Gasteiger partial charge in [0, 0.05) is 26.2 Å². The molecule has 0 aromatic heterocycles. The highest BCUT2D eigenvalue weighted by Crippen LogP contribution is 2.15. The van der Waals surface area contributed by atoms with E-state index in [1.807, 2.05) is 11.8 Å². The molecule has 1 atom stereocenters. The third kappa shape index (κ3) is 5.91. The number of piperidine rings is 1. The fourth-order valence-corrected chi connectivity index (χ4v) is 2.82. The van der Waals surface area contributed by atoms with Crippen molar-refractivity contribution in [1.29, 1.82) is 0 Å². The van der Waals surface area contributed by atoms with Crippen molar-refractivity contribution >= 4 is 5.91 Å². The van der Waals surface area contributed by atoms with Crippen molar-refractivity contribution in [3.05, 3.63) is 0 Å².